The van der Waals surface area contributed by atoms with Gasteiger partial charge in [0, 0.05) is 0 Å². The van der Waals surface area contributed by atoms with Gasteiger partial charge in [-0.2, -0.15) is 0 Å². The Kier molecular flexibility index (Phi) is 5.17. The minimum Gasteiger partial charge on any atom is -0.495 e. The largest absolute Gasteiger partial charge is 0.495 e. The van der Waals surface area contributed by atoms with Crippen LogP contribution in [-0.2, 0) is 4.79 Å². The molecular formula is C19H20N4O3. The van der Waals surface area contributed by atoms with E-state index in [9.17, 15) is 4.79 Å². The van der Waals surface area contributed by atoms with E-state index in [4.69, 9.17) is 9.47 Å². The highest BCUT2D eigenvalue weighted by atomic mass is 16.5. The molecule has 0 aliphatic carbocycles. The molecule has 3 aromatic rings. The molecule has 0 atom stereocenters. The molecule has 1 aromatic heterocycles. The van der Waals surface area contributed by atoms with Crippen LogP contribution < -0.4 is 14.8 Å². The molecule has 0 radical (unpaired) electrons. The van der Waals surface area contributed by atoms with Crippen molar-refractivity contribution >= 4 is 11.6 Å². The molecule has 1 amide bonds. The maximum absolute atomic E-state index is 12.3. The van der Waals surface area contributed by atoms with Crippen molar-refractivity contribution < 1.29 is 14.3 Å². The Labute approximate surface area is 151 Å². The van der Waals surface area contributed by atoms with E-state index in [1.165, 1.54) is 5.56 Å². The topological polar surface area (TPSA) is 78.3 Å². The second-order valence-electron chi connectivity index (χ2n) is 5.84. The molecule has 0 spiro atoms. The van der Waals surface area contributed by atoms with Gasteiger partial charge in [0.1, 0.15) is 24.2 Å². The fourth-order valence-electron chi connectivity index (χ4n) is 2.43. The minimum atomic E-state index is -0.276. The number of aryl methyl sites for hydroxylation is 2. The predicted molar refractivity (Wildman–Crippen MR) is 98.0 cm³/mol. The van der Waals surface area contributed by atoms with E-state index in [0.717, 1.165) is 11.3 Å². The molecule has 0 aliphatic rings. The Balaban J connectivity index is 1.69. The van der Waals surface area contributed by atoms with E-state index < -0.39 is 0 Å². The van der Waals surface area contributed by atoms with Crippen LogP contribution in [0.3, 0.4) is 0 Å². The molecule has 0 aliphatic heterocycles. The molecule has 26 heavy (non-hydrogen) atoms. The molecule has 0 fully saturated rings. The first-order chi connectivity index (χ1) is 12.6. The van der Waals surface area contributed by atoms with Crippen LogP contribution in [0.25, 0.3) is 5.69 Å². The van der Waals surface area contributed by atoms with E-state index in [0.29, 0.717) is 17.2 Å². The first-order valence-electron chi connectivity index (χ1n) is 8.10. The van der Waals surface area contributed by atoms with Gasteiger partial charge in [-0.3, -0.25) is 9.36 Å². The second-order valence-corrected chi connectivity index (χ2v) is 5.84. The number of methoxy groups -OCH3 is 1. The maximum Gasteiger partial charge on any atom is 0.262 e. The summed E-state index contributed by atoms with van der Waals surface area (Å²) >= 11 is 0. The van der Waals surface area contributed by atoms with Crippen LogP contribution in [0.2, 0.25) is 0 Å². The lowest BCUT2D eigenvalue weighted by Crippen LogP contribution is -2.20. The molecular weight excluding hydrogens is 332 g/mol. The fraction of sp³-hybridized carbons (Fsp3) is 0.211. The Morgan fingerprint density at radius 3 is 2.54 bits per heavy atom. The third-order valence-corrected chi connectivity index (χ3v) is 4.02. The van der Waals surface area contributed by atoms with Gasteiger partial charge < -0.3 is 14.8 Å². The zero-order valence-corrected chi connectivity index (χ0v) is 14.9. The summed E-state index contributed by atoms with van der Waals surface area (Å²) in [5.41, 5.74) is 3.65. The first kappa shape index (κ1) is 17.5. The average molecular weight is 352 g/mol. The van der Waals surface area contributed by atoms with Crippen molar-refractivity contribution in [2.75, 3.05) is 19.0 Å². The van der Waals surface area contributed by atoms with Crippen LogP contribution in [0.5, 0.6) is 11.5 Å². The van der Waals surface area contributed by atoms with Crippen molar-refractivity contribution in [1.82, 2.24) is 14.8 Å². The Bertz CT molecular complexity index is 907. The number of aromatic nitrogens is 3. The van der Waals surface area contributed by atoms with Crippen LogP contribution in [0.15, 0.2) is 49.1 Å². The van der Waals surface area contributed by atoms with Gasteiger partial charge in [0.25, 0.3) is 5.91 Å². The van der Waals surface area contributed by atoms with Crippen molar-refractivity contribution in [2.45, 2.75) is 13.8 Å². The van der Waals surface area contributed by atoms with Gasteiger partial charge in [0.15, 0.2) is 6.61 Å². The minimum absolute atomic E-state index is 0.0947. The Morgan fingerprint density at radius 2 is 1.85 bits per heavy atom. The van der Waals surface area contributed by atoms with Crippen LogP contribution in [0, 0.1) is 13.8 Å². The summed E-state index contributed by atoms with van der Waals surface area (Å²) in [6.45, 7) is 3.94. The molecule has 2 aromatic carbocycles. The maximum atomic E-state index is 12.3. The standard InChI is InChI=1S/C19H20N4O3/c1-13-4-6-16(8-14(13)2)26-10-19(24)22-17-9-15(5-7-18(17)25-3)23-11-20-21-12-23/h4-9,11-12H,10H2,1-3H3,(H,22,24). The number of carbonyl (C=O) groups excluding carboxylic acids is 1. The number of hydrogen-bond acceptors (Lipinski definition) is 5. The summed E-state index contributed by atoms with van der Waals surface area (Å²) in [4.78, 5) is 12.3. The van der Waals surface area contributed by atoms with Crippen molar-refractivity contribution in [3.8, 4) is 17.2 Å². The number of amides is 1. The number of carbonyl (C=O) groups is 1. The van der Waals surface area contributed by atoms with E-state index in [-0.39, 0.29) is 12.5 Å². The normalized spacial score (nSPS) is 10.4. The fourth-order valence-corrected chi connectivity index (χ4v) is 2.43. The number of anilines is 1. The summed E-state index contributed by atoms with van der Waals surface area (Å²) in [6, 6.07) is 11.1. The molecule has 1 N–H and O–H groups in total. The second kappa shape index (κ2) is 7.69. The molecule has 0 bridgehead atoms. The van der Waals surface area contributed by atoms with Gasteiger partial charge in [-0.25, -0.2) is 0 Å². The number of hydrogen-bond donors (Lipinski definition) is 1. The highest BCUT2D eigenvalue weighted by Gasteiger charge is 2.10. The number of benzene rings is 2. The van der Waals surface area contributed by atoms with Crippen molar-refractivity contribution in [3.63, 3.8) is 0 Å². The van der Waals surface area contributed by atoms with E-state index >= 15 is 0 Å². The zero-order valence-electron chi connectivity index (χ0n) is 14.9. The molecule has 3 rings (SSSR count). The summed E-state index contributed by atoms with van der Waals surface area (Å²) in [5.74, 6) is 0.942. The van der Waals surface area contributed by atoms with Crippen molar-refractivity contribution in [1.29, 1.82) is 0 Å². The number of nitrogens with zero attached hydrogens (tertiary/aromatic N) is 3. The first-order valence-corrected chi connectivity index (χ1v) is 8.10. The quantitative estimate of drug-likeness (QED) is 0.738. The number of nitrogens with one attached hydrogen (secondary N) is 1. The van der Waals surface area contributed by atoms with Crippen molar-refractivity contribution in [3.05, 3.63) is 60.2 Å². The van der Waals surface area contributed by atoms with E-state index in [2.05, 4.69) is 15.5 Å². The molecule has 1 heterocycles. The molecule has 7 nitrogen and oxygen atoms in total. The molecule has 0 saturated heterocycles. The van der Waals surface area contributed by atoms with Crippen LogP contribution in [0.4, 0.5) is 5.69 Å². The molecule has 0 unspecified atom stereocenters. The predicted octanol–water partition coefficient (Wildman–Crippen LogP) is 2.91. The third kappa shape index (κ3) is 4.00. The lowest BCUT2D eigenvalue weighted by Gasteiger charge is -2.13. The molecule has 134 valence electrons. The average Bonchev–Trinajstić information content (AvgIpc) is 3.17. The van der Waals surface area contributed by atoms with Crippen LogP contribution >= 0.6 is 0 Å². The Hall–Kier alpha value is -3.35. The Morgan fingerprint density at radius 1 is 1.08 bits per heavy atom. The lowest BCUT2D eigenvalue weighted by atomic mass is 10.1. The number of rotatable bonds is 6. The number of ether oxygens (including phenoxy) is 2. The smallest absolute Gasteiger partial charge is 0.262 e. The third-order valence-electron chi connectivity index (χ3n) is 4.02. The SMILES string of the molecule is COc1ccc(-n2cnnc2)cc1NC(=O)COc1ccc(C)c(C)c1. The summed E-state index contributed by atoms with van der Waals surface area (Å²) in [6.07, 6.45) is 3.16. The molecule has 7 heteroatoms. The van der Waals surface area contributed by atoms with E-state index in [1.807, 2.05) is 38.1 Å². The zero-order chi connectivity index (χ0) is 18.5. The van der Waals surface area contributed by atoms with Gasteiger partial charge in [0.2, 0.25) is 0 Å². The van der Waals surface area contributed by atoms with Gasteiger partial charge >= 0.3 is 0 Å². The van der Waals surface area contributed by atoms with Gasteiger partial charge in [-0.1, -0.05) is 6.07 Å². The molecule has 0 saturated carbocycles. The summed E-state index contributed by atoms with van der Waals surface area (Å²) in [5, 5.41) is 10.4. The summed E-state index contributed by atoms with van der Waals surface area (Å²) < 4.78 is 12.6. The van der Waals surface area contributed by atoms with Crippen molar-refractivity contribution in [2.24, 2.45) is 0 Å². The lowest BCUT2D eigenvalue weighted by molar-refractivity contribution is -0.118. The monoisotopic (exact) mass is 352 g/mol. The van der Waals surface area contributed by atoms with Gasteiger partial charge in [-0.15, -0.1) is 10.2 Å². The summed E-state index contributed by atoms with van der Waals surface area (Å²) in [7, 11) is 1.55. The van der Waals surface area contributed by atoms with Crippen LogP contribution in [-0.4, -0.2) is 34.4 Å². The highest BCUT2D eigenvalue weighted by Crippen LogP contribution is 2.27. The van der Waals surface area contributed by atoms with E-state index in [1.54, 1.807) is 36.5 Å². The van der Waals surface area contributed by atoms with Gasteiger partial charge in [0.05, 0.1) is 18.5 Å². The van der Waals surface area contributed by atoms with Gasteiger partial charge in [-0.05, 0) is 55.3 Å². The van der Waals surface area contributed by atoms with Crippen LogP contribution in [0.1, 0.15) is 11.1 Å². The highest BCUT2D eigenvalue weighted by molar-refractivity contribution is 5.93.